The van der Waals surface area contributed by atoms with Crippen molar-refractivity contribution < 1.29 is 0 Å². The predicted octanol–water partition coefficient (Wildman–Crippen LogP) is 2.59. The Morgan fingerprint density at radius 1 is 0.941 bits per heavy atom. The normalized spacial score (nSPS) is 37.2. The Balaban J connectivity index is 1.56. The van der Waals surface area contributed by atoms with Crippen LogP contribution < -0.4 is 0 Å². The van der Waals surface area contributed by atoms with Gasteiger partial charge in [-0.2, -0.15) is 0 Å². The lowest BCUT2D eigenvalue weighted by Gasteiger charge is -2.38. The van der Waals surface area contributed by atoms with Crippen LogP contribution in [0.15, 0.2) is 0 Å². The smallest absolute Gasteiger partial charge is 0.0252 e. The van der Waals surface area contributed by atoms with Gasteiger partial charge in [-0.25, -0.2) is 0 Å². The number of hydrogen-bond acceptors (Lipinski definition) is 2. The number of piperidine rings is 1. The van der Waals surface area contributed by atoms with Crippen LogP contribution in [0.25, 0.3) is 0 Å². The molecule has 0 aromatic heterocycles. The summed E-state index contributed by atoms with van der Waals surface area (Å²) in [7, 11) is 2.30. The van der Waals surface area contributed by atoms with Crippen LogP contribution in [0.2, 0.25) is 0 Å². The summed E-state index contributed by atoms with van der Waals surface area (Å²) in [5.41, 5.74) is 0. The third-order valence-corrected chi connectivity index (χ3v) is 5.40. The van der Waals surface area contributed by atoms with E-state index in [1.807, 2.05) is 0 Å². The molecule has 2 nitrogen and oxygen atoms in total. The maximum absolute atomic E-state index is 2.84. The van der Waals surface area contributed by atoms with Gasteiger partial charge in [0.1, 0.15) is 0 Å². The van der Waals surface area contributed by atoms with Gasteiger partial charge >= 0.3 is 0 Å². The molecule has 0 aromatic rings. The van der Waals surface area contributed by atoms with Gasteiger partial charge in [0.25, 0.3) is 0 Å². The molecular weight excluding hydrogens is 208 g/mol. The maximum Gasteiger partial charge on any atom is 0.0252 e. The lowest BCUT2D eigenvalue weighted by Crippen LogP contribution is -2.47. The fourth-order valence-electron chi connectivity index (χ4n) is 4.31. The molecule has 2 unspecified atom stereocenters. The van der Waals surface area contributed by atoms with Crippen molar-refractivity contribution in [3.63, 3.8) is 0 Å². The van der Waals surface area contributed by atoms with Crippen molar-refractivity contribution in [1.29, 1.82) is 0 Å². The van der Waals surface area contributed by atoms with E-state index < -0.39 is 0 Å². The number of hydrogen-bond donors (Lipinski definition) is 0. The molecule has 1 saturated carbocycles. The number of likely N-dealkylation sites (N-methyl/N-ethyl adjacent to an activating group) is 1. The fourth-order valence-corrected chi connectivity index (χ4v) is 4.31. The third-order valence-electron chi connectivity index (χ3n) is 5.40. The lowest BCUT2D eigenvalue weighted by atomic mass is 9.88. The highest BCUT2D eigenvalue weighted by molar-refractivity contribution is 4.93. The molecule has 0 spiro atoms. The summed E-state index contributed by atoms with van der Waals surface area (Å²) in [6.07, 6.45) is 10.4. The molecule has 3 rings (SSSR count). The van der Waals surface area contributed by atoms with Gasteiger partial charge in [-0.1, -0.05) is 19.3 Å². The number of nitrogens with zero attached hydrogens (tertiary/aromatic N) is 2. The largest absolute Gasteiger partial charge is 0.305 e. The second-order valence-corrected chi connectivity index (χ2v) is 6.67. The fraction of sp³-hybridized carbons (Fsp3) is 1.00. The summed E-state index contributed by atoms with van der Waals surface area (Å²) in [5, 5.41) is 0. The maximum atomic E-state index is 2.84. The third kappa shape index (κ3) is 2.68. The molecular formula is C15H28N2. The minimum atomic E-state index is 0.899. The average molecular weight is 236 g/mol. The molecule has 0 aromatic carbocycles. The van der Waals surface area contributed by atoms with Crippen LogP contribution in [0, 0.1) is 11.8 Å². The summed E-state index contributed by atoms with van der Waals surface area (Å²) in [5.74, 6) is 2.05. The van der Waals surface area contributed by atoms with Gasteiger partial charge < -0.3 is 4.90 Å². The van der Waals surface area contributed by atoms with Crippen LogP contribution in [-0.2, 0) is 0 Å². The quantitative estimate of drug-likeness (QED) is 0.727. The first-order valence-electron chi connectivity index (χ1n) is 7.75. The minimum Gasteiger partial charge on any atom is -0.305 e. The summed E-state index contributed by atoms with van der Waals surface area (Å²) >= 11 is 0. The van der Waals surface area contributed by atoms with Crippen LogP contribution in [0.1, 0.15) is 44.9 Å². The molecule has 3 aliphatic rings. The van der Waals surface area contributed by atoms with Gasteiger partial charge in [-0.15, -0.1) is 0 Å². The van der Waals surface area contributed by atoms with E-state index in [1.165, 1.54) is 71.1 Å². The molecule has 17 heavy (non-hydrogen) atoms. The Morgan fingerprint density at radius 2 is 1.71 bits per heavy atom. The van der Waals surface area contributed by atoms with Crippen molar-refractivity contribution in [2.75, 3.05) is 33.2 Å². The molecule has 0 N–H and O–H groups in total. The first kappa shape index (κ1) is 12.0. The van der Waals surface area contributed by atoms with Gasteiger partial charge in [-0.05, 0) is 57.7 Å². The average Bonchev–Trinajstić information content (AvgIpc) is 2.73. The molecule has 2 heterocycles. The first-order valence-corrected chi connectivity index (χ1v) is 7.75. The number of rotatable bonds is 2. The van der Waals surface area contributed by atoms with E-state index in [1.54, 1.807) is 0 Å². The number of likely N-dealkylation sites (tertiary alicyclic amines) is 2. The Hall–Kier alpha value is -0.0800. The Labute approximate surface area is 106 Å². The zero-order valence-corrected chi connectivity index (χ0v) is 11.4. The van der Waals surface area contributed by atoms with E-state index in [2.05, 4.69) is 16.8 Å². The summed E-state index contributed by atoms with van der Waals surface area (Å²) in [4.78, 5) is 5.39. The van der Waals surface area contributed by atoms with E-state index in [4.69, 9.17) is 0 Å². The molecule has 0 amide bonds. The van der Waals surface area contributed by atoms with Gasteiger partial charge in [-0.3, -0.25) is 4.90 Å². The summed E-state index contributed by atoms with van der Waals surface area (Å²) in [6, 6.07) is 0.899. The van der Waals surface area contributed by atoms with Crippen LogP contribution in [0.3, 0.4) is 0 Å². The molecule has 2 aliphatic heterocycles. The molecule has 2 atom stereocenters. The Bertz CT molecular complexity index is 247. The number of fused-ring (bicyclic) bond motifs is 1. The molecule has 98 valence electrons. The van der Waals surface area contributed by atoms with Crippen LogP contribution in [0.5, 0.6) is 0 Å². The standard InChI is InChI=1S/C15H28N2/c1-16-9-7-14-8-10-17(15(14)12-16)11-13-5-3-2-4-6-13/h13-15H,2-12H2,1H3. The van der Waals surface area contributed by atoms with Crippen molar-refractivity contribution in [2.45, 2.75) is 51.0 Å². The Kier molecular flexibility index (Phi) is 3.72. The zero-order chi connectivity index (χ0) is 11.7. The molecule has 2 heteroatoms. The highest BCUT2D eigenvalue weighted by Crippen LogP contribution is 2.33. The SMILES string of the molecule is CN1CCC2CCN(CC3CCCCC3)C2C1. The van der Waals surface area contributed by atoms with E-state index in [9.17, 15) is 0 Å². The van der Waals surface area contributed by atoms with Crippen molar-refractivity contribution in [1.82, 2.24) is 9.80 Å². The Morgan fingerprint density at radius 3 is 2.53 bits per heavy atom. The second kappa shape index (κ2) is 5.27. The van der Waals surface area contributed by atoms with E-state index >= 15 is 0 Å². The van der Waals surface area contributed by atoms with Crippen LogP contribution in [-0.4, -0.2) is 49.1 Å². The van der Waals surface area contributed by atoms with Gasteiger partial charge in [0.2, 0.25) is 0 Å². The highest BCUT2D eigenvalue weighted by atomic mass is 15.2. The monoisotopic (exact) mass is 236 g/mol. The van der Waals surface area contributed by atoms with Crippen molar-refractivity contribution in [2.24, 2.45) is 11.8 Å². The van der Waals surface area contributed by atoms with Crippen LogP contribution >= 0.6 is 0 Å². The molecule has 1 aliphatic carbocycles. The van der Waals surface area contributed by atoms with E-state index in [0.29, 0.717) is 0 Å². The summed E-state index contributed by atoms with van der Waals surface area (Å²) < 4.78 is 0. The first-order chi connectivity index (χ1) is 8.33. The van der Waals surface area contributed by atoms with E-state index in [0.717, 1.165) is 17.9 Å². The van der Waals surface area contributed by atoms with E-state index in [-0.39, 0.29) is 0 Å². The summed E-state index contributed by atoms with van der Waals surface area (Å²) in [6.45, 7) is 5.46. The van der Waals surface area contributed by atoms with Gasteiger partial charge in [0.05, 0.1) is 0 Å². The second-order valence-electron chi connectivity index (χ2n) is 6.67. The van der Waals surface area contributed by atoms with Crippen LogP contribution in [0.4, 0.5) is 0 Å². The topological polar surface area (TPSA) is 6.48 Å². The molecule has 0 bridgehead atoms. The molecule has 2 saturated heterocycles. The van der Waals surface area contributed by atoms with Gasteiger partial charge in [0, 0.05) is 19.1 Å². The predicted molar refractivity (Wildman–Crippen MR) is 72.2 cm³/mol. The highest BCUT2D eigenvalue weighted by Gasteiger charge is 2.37. The minimum absolute atomic E-state index is 0.899. The molecule has 0 radical (unpaired) electrons. The van der Waals surface area contributed by atoms with Gasteiger partial charge in [0.15, 0.2) is 0 Å². The molecule has 3 fully saturated rings. The van der Waals surface area contributed by atoms with Crippen molar-refractivity contribution in [3.05, 3.63) is 0 Å². The lowest BCUT2D eigenvalue weighted by molar-refractivity contribution is 0.104. The van der Waals surface area contributed by atoms with Crippen molar-refractivity contribution in [3.8, 4) is 0 Å². The zero-order valence-electron chi connectivity index (χ0n) is 11.4. The van der Waals surface area contributed by atoms with Crippen molar-refractivity contribution >= 4 is 0 Å².